The Bertz CT molecular complexity index is 820. The number of carbonyl (C=O) groups is 2. The molecule has 7 nitrogen and oxygen atoms in total. The molecule has 0 atom stereocenters. The number of ether oxygens (including phenoxy) is 1. The molecule has 0 bridgehead atoms. The van der Waals surface area contributed by atoms with Crippen molar-refractivity contribution in [2.75, 3.05) is 11.9 Å². The van der Waals surface area contributed by atoms with E-state index in [1.165, 1.54) is 0 Å². The second-order valence-electron chi connectivity index (χ2n) is 7.13. The van der Waals surface area contributed by atoms with Crippen LogP contribution in [0.2, 0.25) is 0 Å². The first-order valence-corrected chi connectivity index (χ1v) is 9.20. The van der Waals surface area contributed by atoms with Crippen molar-refractivity contribution in [1.29, 1.82) is 0 Å². The summed E-state index contributed by atoms with van der Waals surface area (Å²) < 4.78 is 6.68. The second-order valence-corrected chi connectivity index (χ2v) is 7.13. The number of nitrogens with one attached hydrogen (secondary N) is 1. The van der Waals surface area contributed by atoms with E-state index in [4.69, 9.17) is 4.74 Å². The summed E-state index contributed by atoms with van der Waals surface area (Å²) in [6.45, 7) is 3.38. The first-order valence-electron chi connectivity index (χ1n) is 9.20. The first kappa shape index (κ1) is 19.1. The standard InChI is InChI=1S/C20H25N3O4/c1-14-6-8-16(9-7-14)23-17(12-15(2)22-23)21-18(24)13-27-19(25)20(26)10-4-3-5-11-20/h6-9,12,26H,3-5,10-11,13H2,1-2H3,(H,21,24). The molecular weight excluding hydrogens is 346 g/mol. The van der Waals surface area contributed by atoms with Crippen molar-refractivity contribution >= 4 is 17.7 Å². The highest BCUT2D eigenvalue weighted by atomic mass is 16.6. The average molecular weight is 371 g/mol. The molecule has 1 saturated carbocycles. The number of aryl methyl sites for hydroxylation is 2. The molecule has 1 aromatic heterocycles. The lowest BCUT2D eigenvalue weighted by Gasteiger charge is -2.29. The Balaban J connectivity index is 1.63. The van der Waals surface area contributed by atoms with Gasteiger partial charge in [0, 0.05) is 6.07 Å². The zero-order chi connectivity index (χ0) is 19.4. The molecular formula is C20H25N3O4. The van der Waals surface area contributed by atoms with Crippen LogP contribution in [0.4, 0.5) is 5.82 Å². The summed E-state index contributed by atoms with van der Waals surface area (Å²) in [5, 5.41) is 17.5. The number of hydrogen-bond acceptors (Lipinski definition) is 5. The van der Waals surface area contributed by atoms with E-state index in [9.17, 15) is 14.7 Å². The van der Waals surface area contributed by atoms with Crippen molar-refractivity contribution in [2.24, 2.45) is 0 Å². The minimum absolute atomic E-state index is 0.382. The van der Waals surface area contributed by atoms with Crippen molar-refractivity contribution in [3.8, 4) is 5.69 Å². The SMILES string of the molecule is Cc1ccc(-n2nc(C)cc2NC(=O)COC(=O)C2(O)CCCCC2)cc1. The quantitative estimate of drug-likeness (QED) is 0.788. The Morgan fingerprint density at radius 1 is 1.19 bits per heavy atom. The third-order valence-electron chi connectivity index (χ3n) is 4.77. The van der Waals surface area contributed by atoms with Gasteiger partial charge in [0.25, 0.3) is 5.91 Å². The maximum absolute atomic E-state index is 12.2. The molecule has 2 N–H and O–H groups in total. The van der Waals surface area contributed by atoms with Gasteiger partial charge < -0.3 is 15.2 Å². The predicted molar refractivity (Wildman–Crippen MR) is 101 cm³/mol. The maximum atomic E-state index is 12.2. The van der Waals surface area contributed by atoms with E-state index in [1.807, 2.05) is 38.1 Å². The van der Waals surface area contributed by atoms with E-state index in [1.54, 1.807) is 10.7 Å². The molecule has 144 valence electrons. The number of aliphatic hydroxyl groups is 1. The van der Waals surface area contributed by atoms with Gasteiger partial charge in [-0.3, -0.25) is 4.79 Å². The summed E-state index contributed by atoms with van der Waals surface area (Å²) in [7, 11) is 0. The van der Waals surface area contributed by atoms with Crippen LogP contribution in [0.1, 0.15) is 43.4 Å². The fourth-order valence-corrected chi connectivity index (χ4v) is 3.26. The molecule has 0 radical (unpaired) electrons. The Hall–Kier alpha value is -2.67. The molecule has 0 saturated heterocycles. The Kier molecular flexibility index (Phi) is 5.60. The van der Waals surface area contributed by atoms with Crippen LogP contribution in [0.5, 0.6) is 0 Å². The number of benzene rings is 1. The molecule has 1 aliphatic carbocycles. The highest BCUT2D eigenvalue weighted by Gasteiger charge is 2.38. The number of carbonyl (C=O) groups excluding carboxylic acids is 2. The minimum atomic E-state index is -1.46. The van der Waals surface area contributed by atoms with Crippen LogP contribution < -0.4 is 5.32 Å². The molecule has 1 aromatic carbocycles. The van der Waals surface area contributed by atoms with Gasteiger partial charge in [0.1, 0.15) is 5.82 Å². The van der Waals surface area contributed by atoms with Gasteiger partial charge in [0.15, 0.2) is 12.2 Å². The van der Waals surface area contributed by atoms with Gasteiger partial charge in [-0.25, -0.2) is 9.48 Å². The number of amides is 1. The van der Waals surface area contributed by atoms with Crippen LogP contribution >= 0.6 is 0 Å². The molecule has 2 aromatic rings. The first-order chi connectivity index (χ1) is 12.9. The van der Waals surface area contributed by atoms with Gasteiger partial charge >= 0.3 is 5.97 Å². The van der Waals surface area contributed by atoms with E-state index < -0.39 is 24.1 Å². The highest BCUT2D eigenvalue weighted by molar-refractivity contribution is 5.93. The Labute approximate surface area is 158 Å². The molecule has 27 heavy (non-hydrogen) atoms. The highest BCUT2D eigenvalue weighted by Crippen LogP contribution is 2.29. The van der Waals surface area contributed by atoms with E-state index in [0.717, 1.165) is 36.2 Å². The average Bonchev–Trinajstić information content (AvgIpc) is 3.01. The van der Waals surface area contributed by atoms with Crippen LogP contribution in [0.25, 0.3) is 5.69 Å². The van der Waals surface area contributed by atoms with Crippen LogP contribution in [0, 0.1) is 13.8 Å². The second kappa shape index (κ2) is 7.92. The number of esters is 1. The number of hydrogen-bond donors (Lipinski definition) is 2. The van der Waals surface area contributed by atoms with Gasteiger partial charge in [-0.1, -0.05) is 24.1 Å². The van der Waals surface area contributed by atoms with Crippen LogP contribution in [0.3, 0.4) is 0 Å². The summed E-state index contributed by atoms with van der Waals surface area (Å²) in [5.74, 6) is -0.703. The lowest BCUT2D eigenvalue weighted by molar-refractivity contribution is -0.170. The zero-order valence-corrected chi connectivity index (χ0v) is 15.7. The van der Waals surface area contributed by atoms with E-state index in [2.05, 4.69) is 10.4 Å². The van der Waals surface area contributed by atoms with E-state index in [-0.39, 0.29) is 0 Å². The normalized spacial score (nSPS) is 16.0. The number of rotatable bonds is 5. The summed E-state index contributed by atoms with van der Waals surface area (Å²) in [6, 6.07) is 9.50. The predicted octanol–water partition coefficient (Wildman–Crippen LogP) is 2.67. The maximum Gasteiger partial charge on any atom is 0.338 e. The summed E-state index contributed by atoms with van der Waals surface area (Å²) in [4.78, 5) is 24.4. The van der Waals surface area contributed by atoms with Gasteiger partial charge in [0.05, 0.1) is 11.4 Å². The molecule has 1 amide bonds. The third kappa shape index (κ3) is 4.54. The molecule has 0 aliphatic heterocycles. The lowest BCUT2D eigenvalue weighted by atomic mass is 9.85. The Morgan fingerprint density at radius 3 is 2.52 bits per heavy atom. The monoisotopic (exact) mass is 371 g/mol. The van der Waals surface area contributed by atoms with Gasteiger partial charge in [-0.05, 0) is 51.7 Å². The summed E-state index contributed by atoms with van der Waals surface area (Å²) >= 11 is 0. The molecule has 1 fully saturated rings. The molecule has 0 unspecified atom stereocenters. The Morgan fingerprint density at radius 2 is 1.85 bits per heavy atom. The molecule has 3 rings (SSSR count). The van der Waals surface area contributed by atoms with Crippen molar-refractivity contribution in [2.45, 2.75) is 51.6 Å². The van der Waals surface area contributed by atoms with Crippen LogP contribution in [0.15, 0.2) is 30.3 Å². The minimum Gasteiger partial charge on any atom is -0.453 e. The smallest absolute Gasteiger partial charge is 0.338 e. The zero-order valence-electron chi connectivity index (χ0n) is 15.7. The third-order valence-corrected chi connectivity index (χ3v) is 4.77. The van der Waals surface area contributed by atoms with Crippen molar-refractivity contribution in [3.05, 3.63) is 41.6 Å². The van der Waals surface area contributed by atoms with E-state index >= 15 is 0 Å². The topological polar surface area (TPSA) is 93.5 Å². The number of nitrogens with zero attached hydrogens (tertiary/aromatic N) is 2. The molecule has 7 heteroatoms. The summed E-state index contributed by atoms with van der Waals surface area (Å²) in [6.07, 6.45) is 3.33. The molecule has 1 aliphatic rings. The van der Waals surface area contributed by atoms with Crippen molar-refractivity contribution in [1.82, 2.24) is 9.78 Å². The fraction of sp³-hybridized carbons (Fsp3) is 0.450. The molecule has 0 spiro atoms. The van der Waals surface area contributed by atoms with Gasteiger partial charge in [0.2, 0.25) is 0 Å². The lowest BCUT2D eigenvalue weighted by Crippen LogP contribution is -2.42. The fourth-order valence-electron chi connectivity index (χ4n) is 3.26. The largest absolute Gasteiger partial charge is 0.453 e. The number of aromatic nitrogens is 2. The number of anilines is 1. The summed E-state index contributed by atoms with van der Waals surface area (Å²) in [5.41, 5.74) is 1.23. The van der Waals surface area contributed by atoms with Gasteiger partial charge in [-0.2, -0.15) is 5.10 Å². The van der Waals surface area contributed by atoms with Gasteiger partial charge in [-0.15, -0.1) is 0 Å². The van der Waals surface area contributed by atoms with Crippen LogP contribution in [-0.4, -0.2) is 39.0 Å². The van der Waals surface area contributed by atoms with Crippen molar-refractivity contribution in [3.63, 3.8) is 0 Å². The van der Waals surface area contributed by atoms with E-state index in [0.29, 0.717) is 18.7 Å². The van der Waals surface area contributed by atoms with Crippen LogP contribution in [-0.2, 0) is 14.3 Å². The van der Waals surface area contributed by atoms with Crippen molar-refractivity contribution < 1.29 is 19.4 Å². The molecule has 1 heterocycles.